The normalized spacial score (nSPS) is 12.3. The summed E-state index contributed by atoms with van der Waals surface area (Å²) >= 11 is 0. The number of hydrogen-bond donors (Lipinski definition) is 2. The van der Waals surface area contributed by atoms with Crippen molar-refractivity contribution in [3.05, 3.63) is 54.1 Å². The van der Waals surface area contributed by atoms with Gasteiger partial charge in [-0.2, -0.15) is 0 Å². The standard InChI is InChI=1S/C21H26N4O3/c1-4-11-25(14-20-23-24-21(28-20)18-10-7-12-27-18)13-19(26)22-17-9-6-5-8-16(17)15(2)3/h5-10,12,15H,4,11,13-14H2,1-3H3,(H,22,26)/p+1. The monoisotopic (exact) mass is 383 g/mol. The van der Waals surface area contributed by atoms with Crippen LogP contribution in [0, 0.1) is 0 Å². The highest BCUT2D eigenvalue weighted by atomic mass is 16.4. The third-order valence-electron chi connectivity index (χ3n) is 4.47. The van der Waals surface area contributed by atoms with Gasteiger partial charge in [-0.1, -0.05) is 39.0 Å². The summed E-state index contributed by atoms with van der Waals surface area (Å²) in [6, 6.07) is 11.5. The molecule has 28 heavy (non-hydrogen) atoms. The first-order valence-corrected chi connectivity index (χ1v) is 9.65. The Labute approximate surface area is 164 Å². The van der Waals surface area contributed by atoms with Gasteiger partial charge in [-0.15, -0.1) is 10.2 Å². The molecule has 0 aliphatic carbocycles. The van der Waals surface area contributed by atoms with E-state index in [1.807, 2.05) is 24.3 Å². The van der Waals surface area contributed by atoms with E-state index < -0.39 is 0 Å². The highest BCUT2D eigenvalue weighted by molar-refractivity contribution is 5.92. The number of furan rings is 1. The lowest BCUT2D eigenvalue weighted by atomic mass is 10.0. The minimum Gasteiger partial charge on any atom is -0.459 e. The van der Waals surface area contributed by atoms with Crippen LogP contribution in [0.1, 0.15) is 44.6 Å². The SMILES string of the molecule is CCC[NH+](CC(=O)Nc1ccccc1C(C)C)Cc1nnc(-c2ccco2)o1. The number of rotatable bonds is 9. The van der Waals surface area contributed by atoms with Crippen molar-refractivity contribution >= 4 is 11.6 Å². The molecule has 0 aliphatic heterocycles. The van der Waals surface area contributed by atoms with Gasteiger partial charge in [0, 0.05) is 5.69 Å². The first kappa shape index (κ1) is 19.8. The van der Waals surface area contributed by atoms with Gasteiger partial charge in [-0.25, -0.2) is 0 Å². The number of nitrogens with one attached hydrogen (secondary N) is 2. The van der Waals surface area contributed by atoms with E-state index in [1.165, 1.54) is 0 Å². The number of carbonyl (C=O) groups excluding carboxylic acids is 1. The Morgan fingerprint density at radius 2 is 2.00 bits per heavy atom. The summed E-state index contributed by atoms with van der Waals surface area (Å²) in [5.74, 6) is 1.70. The van der Waals surface area contributed by atoms with Gasteiger partial charge in [0.25, 0.3) is 17.7 Å². The molecule has 0 bridgehead atoms. The van der Waals surface area contributed by atoms with Crippen LogP contribution in [0.15, 0.2) is 51.5 Å². The van der Waals surface area contributed by atoms with E-state index in [4.69, 9.17) is 8.83 Å². The number of nitrogens with zero attached hydrogens (tertiary/aromatic N) is 2. The average Bonchev–Trinajstić information content (AvgIpc) is 3.33. The van der Waals surface area contributed by atoms with E-state index in [0.29, 0.717) is 36.5 Å². The third-order valence-corrected chi connectivity index (χ3v) is 4.47. The van der Waals surface area contributed by atoms with Gasteiger partial charge in [-0.05, 0) is 36.1 Å². The summed E-state index contributed by atoms with van der Waals surface area (Å²) in [5, 5.41) is 11.2. The van der Waals surface area contributed by atoms with Crippen LogP contribution in [0.3, 0.4) is 0 Å². The molecule has 0 aliphatic rings. The molecule has 3 rings (SSSR count). The van der Waals surface area contributed by atoms with Crippen molar-refractivity contribution in [2.75, 3.05) is 18.4 Å². The lowest BCUT2D eigenvalue weighted by Gasteiger charge is -2.18. The van der Waals surface area contributed by atoms with E-state index in [9.17, 15) is 4.79 Å². The Balaban J connectivity index is 1.64. The molecular weight excluding hydrogens is 356 g/mol. The molecule has 0 saturated carbocycles. The predicted octanol–water partition coefficient (Wildman–Crippen LogP) is 2.89. The minimum absolute atomic E-state index is 0.0256. The first-order chi connectivity index (χ1) is 13.6. The molecule has 2 heterocycles. The zero-order chi connectivity index (χ0) is 19.9. The predicted molar refractivity (Wildman–Crippen MR) is 106 cm³/mol. The largest absolute Gasteiger partial charge is 0.459 e. The fourth-order valence-corrected chi connectivity index (χ4v) is 3.17. The Morgan fingerprint density at radius 3 is 2.71 bits per heavy atom. The Bertz CT molecular complexity index is 887. The van der Waals surface area contributed by atoms with E-state index in [0.717, 1.165) is 29.1 Å². The van der Waals surface area contributed by atoms with Crippen molar-refractivity contribution in [3.8, 4) is 11.7 Å². The molecule has 1 amide bonds. The number of hydrogen-bond acceptors (Lipinski definition) is 5. The molecule has 1 atom stereocenters. The Morgan fingerprint density at radius 1 is 1.18 bits per heavy atom. The smallest absolute Gasteiger partial charge is 0.283 e. The van der Waals surface area contributed by atoms with Crippen LogP contribution in [0.25, 0.3) is 11.7 Å². The number of anilines is 1. The number of amides is 1. The molecule has 3 aromatic rings. The highest BCUT2D eigenvalue weighted by Crippen LogP contribution is 2.23. The van der Waals surface area contributed by atoms with Crippen molar-refractivity contribution in [2.24, 2.45) is 0 Å². The van der Waals surface area contributed by atoms with Crippen molar-refractivity contribution in [1.82, 2.24) is 10.2 Å². The van der Waals surface area contributed by atoms with Crippen LogP contribution in [-0.2, 0) is 11.3 Å². The van der Waals surface area contributed by atoms with Crippen LogP contribution >= 0.6 is 0 Å². The third kappa shape index (κ3) is 5.07. The lowest BCUT2D eigenvalue weighted by molar-refractivity contribution is -0.907. The maximum Gasteiger partial charge on any atom is 0.283 e. The average molecular weight is 383 g/mol. The molecule has 0 fully saturated rings. The molecule has 0 saturated heterocycles. The summed E-state index contributed by atoms with van der Waals surface area (Å²) < 4.78 is 11.0. The number of aromatic nitrogens is 2. The van der Waals surface area contributed by atoms with Gasteiger partial charge in [0.05, 0.1) is 12.8 Å². The second-order valence-electron chi connectivity index (χ2n) is 7.12. The van der Waals surface area contributed by atoms with Gasteiger partial charge >= 0.3 is 0 Å². The maximum absolute atomic E-state index is 12.6. The fourth-order valence-electron chi connectivity index (χ4n) is 3.17. The molecule has 2 aromatic heterocycles. The summed E-state index contributed by atoms with van der Waals surface area (Å²) in [6.07, 6.45) is 2.51. The van der Waals surface area contributed by atoms with E-state index in [-0.39, 0.29) is 5.91 Å². The first-order valence-electron chi connectivity index (χ1n) is 9.65. The van der Waals surface area contributed by atoms with E-state index in [2.05, 4.69) is 36.3 Å². The molecule has 7 heteroatoms. The molecule has 148 valence electrons. The van der Waals surface area contributed by atoms with Gasteiger partial charge in [0.15, 0.2) is 18.8 Å². The quantitative estimate of drug-likeness (QED) is 0.593. The van der Waals surface area contributed by atoms with Gasteiger partial charge in [0.1, 0.15) is 0 Å². The zero-order valence-electron chi connectivity index (χ0n) is 16.6. The maximum atomic E-state index is 12.6. The van der Waals surface area contributed by atoms with Crippen molar-refractivity contribution in [3.63, 3.8) is 0 Å². The molecular formula is C21H27N4O3+. The lowest BCUT2D eigenvalue weighted by Crippen LogP contribution is -3.11. The highest BCUT2D eigenvalue weighted by Gasteiger charge is 2.20. The van der Waals surface area contributed by atoms with Crippen LogP contribution in [-0.4, -0.2) is 29.2 Å². The van der Waals surface area contributed by atoms with Crippen molar-refractivity contribution < 1.29 is 18.5 Å². The second-order valence-corrected chi connectivity index (χ2v) is 7.12. The molecule has 2 N–H and O–H groups in total. The summed E-state index contributed by atoms with van der Waals surface area (Å²) in [7, 11) is 0. The summed E-state index contributed by atoms with van der Waals surface area (Å²) in [6.45, 7) is 7.98. The Kier molecular flexibility index (Phi) is 6.60. The summed E-state index contributed by atoms with van der Waals surface area (Å²) in [4.78, 5) is 13.7. The molecule has 0 radical (unpaired) electrons. The fraction of sp³-hybridized carbons (Fsp3) is 0.381. The molecule has 1 aromatic carbocycles. The van der Waals surface area contributed by atoms with Crippen molar-refractivity contribution in [2.45, 2.75) is 39.7 Å². The van der Waals surface area contributed by atoms with Gasteiger partial charge < -0.3 is 19.1 Å². The second kappa shape index (κ2) is 9.32. The Hall–Kier alpha value is -2.93. The van der Waals surface area contributed by atoms with Crippen LogP contribution in [0.5, 0.6) is 0 Å². The number of carbonyl (C=O) groups is 1. The summed E-state index contributed by atoms with van der Waals surface area (Å²) in [5.41, 5.74) is 2.00. The number of benzene rings is 1. The van der Waals surface area contributed by atoms with Crippen LogP contribution in [0.2, 0.25) is 0 Å². The van der Waals surface area contributed by atoms with E-state index in [1.54, 1.807) is 18.4 Å². The topological polar surface area (TPSA) is 85.6 Å². The molecule has 1 unspecified atom stereocenters. The van der Waals surface area contributed by atoms with Crippen LogP contribution < -0.4 is 10.2 Å². The van der Waals surface area contributed by atoms with Crippen LogP contribution in [0.4, 0.5) is 5.69 Å². The van der Waals surface area contributed by atoms with E-state index >= 15 is 0 Å². The number of quaternary nitrogens is 1. The number of para-hydroxylation sites is 1. The minimum atomic E-state index is -0.0256. The molecule has 0 spiro atoms. The molecule has 7 nitrogen and oxygen atoms in total. The van der Waals surface area contributed by atoms with Gasteiger partial charge in [-0.3, -0.25) is 4.79 Å². The van der Waals surface area contributed by atoms with Crippen molar-refractivity contribution in [1.29, 1.82) is 0 Å². The zero-order valence-corrected chi connectivity index (χ0v) is 16.6. The van der Waals surface area contributed by atoms with Gasteiger partial charge in [0.2, 0.25) is 0 Å².